The quantitative estimate of drug-likeness (QED) is 0.784. The highest BCUT2D eigenvalue weighted by Crippen LogP contribution is 2.13. The van der Waals surface area contributed by atoms with E-state index in [1.54, 1.807) is 20.8 Å². The van der Waals surface area contributed by atoms with Gasteiger partial charge < -0.3 is 15.7 Å². The first-order valence-electron chi connectivity index (χ1n) is 5.87. The van der Waals surface area contributed by atoms with Crippen molar-refractivity contribution in [2.75, 3.05) is 5.32 Å². The molecule has 0 aliphatic rings. The van der Waals surface area contributed by atoms with E-state index in [-0.39, 0.29) is 11.7 Å². The van der Waals surface area contributed by atoms with Gasteiger partial charge in [0.2, 0.25) is 0 Å². The summed E-state index contributed by atoms with van der Waals surface area (Å²) in [5, 5.41) is 13.8. The number of hydrogen-bond donors (Lipinski definition) is 3. The van der Waals surface area contributed by atoms with Gasteiger partial charge in [-0.1, -0.05) is 13.8 Å². The van der Waals surface area contributed by atoms with E-state index < -0.39 is 18.0 Å². The number of amides is 2. The van der Waals surface area contributed by atoms with Crippen LogP contribution < -0.4 is 10.6 Å². The Kier molecular flexibility index (Phi) is 4.86. The van der Waals surface area contributed by atoms with Crippen LogP contribution in [0, 0.1) is 18.7 Å². The number of benzene rings is 1. The lowest BCUT2D eigenvalue weighted by Crippen LogP contribution is -2.46. The third-order valence-electron chi connectivity index (χ3n) is 2.64. The topological polar surface area (TPSA) is 78.4 Å². The van der Waals surface area contributed by atoms with Crippen molar-refractivity contribution in [3.8, 4) is 0 Å². The van der Waals surface area contributed by atoms with Gasteiger partial charge in [0, 0.05) is 5.69 Å². The van der Waals surface area contributed by atoms with E-state index in [2.05, 4.69) is 10.6 Å². The molecule has 1 atom stereocenters. The van der Waals surface area contributed by atoms with Crippen molar-refractivity contribution in [3.05, 3.63) is 29.6 Å². The Labute approximate surface area is 110 Å². The van der Waals surface area contributed by atoms with Gasteiger partial charge in [0.25, 0.3) is 0 Å². The minimum Gasteiger partial charge on any atom is -0.480 e. The Hall–Kier alpha value is -2.11. The molecule has 104 valence electrons. The molecule has 0 aromatic heterocycles. The van der Waals surface area contributed by atoms with Gasteiger partial charge in [-0.3, -0.25) is 0 Å². The third kappa shape index (κ3) is 4.24. The molecule has 0 aliphatic heterocycles. The molecule has 0 unspecified atom stereocenters. The van der Waals surface area contributed by atoms with E-state index in [9.17, 15) is 14.0 Å². The minimum absolute atomic E-state index is 0.238. The summed E-state index contributed by atoms with van der Waals surface area (Å²) in [4.78, 5) is 22.6. The summed E-state index contributed by atoms with van der Waals surface area (Å²) < 4.78 is 13.1. The van der Waals surface area contributed by atoms with Crippen molar-refractivity contribution in [1.82, 2.24) is 5.32 Å². The van der Waals surface area contributed by atoms with Gasteiger partial charge in [0.1, 0.15) is 11.9 Å². The molecule has 3 N–H and O–H groups in total. The number of urea groups is 1. The van der Waals surface area contributed by atoms with Crippen LogP contribution in [0.15, 0.2) is 18.2 Å². The fourth-order valence-corrected chi connectivity index (χ4v) is 1.54. The molecule has 0 aliphatic carbocycles. The summed E-state index contributed by atoms with van der Waals surface area (Å²) >= 11 is 0. The van der Waals surface area contributed by atoms with Crippen molar-refractivity contribution in [3.63, 3.8) is 0 Å². The summed E-state index contributed by atoms with van der Waals surface area (Å²) in [6.45, 7) is 4.97. The van der Waals surface area contributed by atoms with E-state index >= 15 is 0 Å². The van der Waals surface area contributed by atoms with Crippen LogP contribution in [0.25, 0.3) is 0 Å². The van der Waals surface area contributed by atoms with E-state index in [0.717, 1.165) is 0 Å². The SMILES string of the molecule is Cc1cc(NC(=O)N[C@@H](C(=O)O)C(C)C)ccc1F. The molecule has 0 heterocycles. The lowest BCUT2D eigenvalue weighted by molar-refractivity contribution is -0.140. The summed E-state index contributed by atoms with van der Waals surface area (Å²) in [5.41, 5.74) is 0.806. The normalized spacial score (nSPS) is 12.1. The average molecular weight is 268 g/mol. The van der Waals surface area contributed by atoms with Crippen molar-refractivity contribution in [1.29, 1.82) is 0 Å². The first-order valence-corrected chi connectivity index (χ1v) is 5.87. The number of aliphatic carboxylic acids is 1. The fraction of sp³-hybridized carbons (Fsp3) is 0.385. The van der Waals surface area contributed by atoms with Crippen molar-refractivity contribution in [2.45, 2.75) is 26.8 Å². The van der Waals surface area contributed by atoms with Gasteiger partial charge in [-0.05, 0) is 36.6 Å². The first kappa shape index (κ1) is 14.9. The summed E-state index contributed by atoms with van der Waals surface area (Å²) in [6.07, 6.45) is 0. The molecule has 5 nitrogen and oxygen atoms in total. The van der Waals surface area contributed by atoms with E-state index in [1.165, 1.54) is 18.2 Å². The number of anilines is 1. The lowest BCUT2D eigenvalue weighted by atomic mass is 10.1. The second-order valence-electron chi connectivity index (χ2n) is 4.62. The van der Waals surface area contributed by atoms with Gasteiger partial charge in [-0.25, -0.2) is 14.0 Å². The fourth-order valence-electron chi connectivity index (χ4n) is 1.54. The standard InChI is InChI=1S/C13H17FN2O3/c1-7(2)11(12(17)18)16-13(19)15-9-4-5-10(14)8(3)6-9/h4-7,11H,1-3H3,(H,17,18)(H2,15,16,19)/t11-/m1/s1. The Morgan fingerprint density at radius 1 is 1.32 bits per heavy atom. The molecule has 0 bridgehead atoms. The Morgan fingerprint density at radius 2 is 1.95 bits per heavy atom. The van der Waals surface area contributed by atoms with Crippen LogP contribution in [0.5, 0.6) is 0 Å². The summed E-state index contributed by atoms with van der Waals surface area (Å²) in [5.74, 6) is -1.70. The summed E-state index contributed by atoms with van der Waals surface area (Å²) in [6, 6.07) is 2.52. The molecule has 0 radical (unpaired) electrons. The van der Waals surface area contributed by atoms with Crippen LogP contribution in [0.3, 0.4) is 0 Å². The average Bonchev–Trinajstić information content (AvgIpc) is 2.30. The Bertz CT molecular complexity index is 489. The molecule has 1 rings (SSSR count). The molecule has 6 heteroatoms. The number of nitrogens with one attached hydrogen (secondary N) is 2. The maximum absolute atomic E-state index is 13.1. The van der Waals surface area contributed by atoms with Crippen molar-refractivity contribution >= 4 is 17.7 Å². The Morgan fingerprint density at radius 3 is 2.42 bits per heavy atom. The first-order chi connectivity index (χ1) is 8.81. The summed E-state index contributed by atoms with van der Waals surface area (Å²) in [7, 11) is 0. The van der Waals surface area contributed by atoms with Crippen molar-refractivity contribution < 1.29 is 19.1 Å². The van der Waals surface area contributed by atoms with Crippen LogP contribution in [0.1, 0.15) is 19.4 Å². The number of carbonyl (C=O) groups excluding carboxylic acids is 1. The molecule has 2 amide bonds. The molecule has 0 saturated carbocycles. The van der Waals surface area contributed by atoms with Gasteiger partial charge >= 0.3 is 12.0 Å². The smallest absolute Gasteiger partial charge is 0.326 e. The predicted molar refractivity (Wildman–Crippen MR) is 69.6 cm³/mol. The minimum atomic E-state index is -1.10. The van der Waals surface area contributed by atoms with Gasteiger partial charge in [0.05, 0.1) is 0 Å². The number of carbonyl (C=O) groups is 2. The maximum atomic E-state index is 13.1. The molecule has 0 saturated heterocycles. The zero-order chi connectivity index (χ0) is 14.6. The second-order valence-corrected chi connectivity index (χ2v) is 4.62. The molecular formula is C13H17FN2O3. The van der Waals surface area contributed by atoms with Crippen LogP contribution in [0.2, 0.25) is 0 Å². The van der Waals surface area contributed by atoms with E-state index in [1.807, 2.05) is 0 Å². The zero-order valence-electron chi connectivity index (χ0n) is 11.0. The number of aryl methyl sites for hydroxylation is 1. The van der Waals surface area contributed by atoms with Crippen LogP contribution in [0.4, 0.5) is 14.9 Å². The number of hydrogen-bond acceptors (Lipinski definition) is 2. The molecule has 1 aromatic carbocycles. The van der Waals surface area contributed by atoms with E-state index in [4.69, 9.17) is 5.11 Å². The molecule has 1 aromatic rings. The van der Waals surface area contributed by atoms with Crippen LogP contribution >= 0.6 is 0 Å². The lowest BCUT2D eigenvalue weighted by Gasteiger charge is -2.18. The van der Waals surface area contributed by atoms with Crippen molar-refractivity contribution in [2.24, 2.45) is 5.92 Å². The predicted octanol–water partition coefficient (Wildman–Crippen LogP) is 2.36. The molecule has 19 heavy (non-hydrogen) atoms. The van der Waals surface area contributed by atoms with Gasteiger partial charge in [0.15, 0.2) is 0 Å². The van der Waals surface area contributed by atoms with Gasteiger partial charge in [-0.2, -0.15) is 0 Å². The van der Waals surface area contributed by atoms with Crippen LogP contribution in [-0.2, 0) is 4.79 Å². The monoisotopic (exact) mass is 268 g/mol. The van der Waals surface area contributed by atoms with Crippen LogP contribution in [-0.4, -0.2) is 23.1 Å². The molecule has 0 fully saturated rings. The Balaban J connectivity index is 2.69. The van der Waals surface area contributed by atoms with E-state index in [0.29, 0.717) is 11.3 Å². The number of halogens is 1. The second kappa shape index (κ2) is 6.17. The largest absolute Gasteiger partial charge is 0.480 e. The number of carboxylic acid groups (broad SMARTS) is 1. The highest BCUT2D eigenvalue weighted by molar-refractivity contribution is 5.92. The molecule has 0 spiro atoms. The molecular weight excluding hydrogens is 251 g/mol. The maximum Gasteiger partial charge on any atom is 0.326 e. The number of rotatable bonds is 4. The highest BCUT2D eigenvalue weighted by Gasteiger charge is 2.23. The number of carboxylic acids is 1. The van der Waals surface area contributed by atoms with Gasteiger partial charge in [-0.15, -0.1) is 0 Å². The zero-order valence-corrected chi connectivity index (χ0v) is 11.0. The third-order valence-corrected chi connectivity index (χ3v) is 2.64. The highest BCUT2D eigenvalue weighted by atomic mass is 19.1.